The van der Waals surface area contributed by atoms with Gasteiger partial charge in [0.25, 0.3) is 0 Å². The van der Waals surface area contributed by atoms with Crippen LogP contribution >= 0.6 is 15.9 Å². The molecule has 134 valence electrons. The maximum atomic E-state index is 5.54. The normalized spacial score (nSPS) is 20.3. The van der Waals surface area contributed by atoms with E-state index in [4.69, 9.17) is 9.47 Å². The minimum absolute atomic E-state index is 0.847. The number of halogens is 1. The third-order valence-corrected chi connectivity index (χ3v) is 5.49. The molecule has 3 rings (SSSR count). The Hall–Kier alpha value is -1.56. The van der Waals surface area contributed by atoms with Crippen LogP contribution in [0.2, 0.25) is 0 Å². The quantitative estimate of drug-likeness (QED) is 0.747. The molecule has 4 nitrogen and oxygen atoms in total. The molecule has 0 aromatic heterocycles. The van der Waals surface area contributed by atoms with Crippen LogP contribution in [0.1, 0.15) is 11.1 Å². The fraction of sp³-hybridized carbons (Fsp3) is 0.400. The molecule has 0 aliphatic carbocycles. The van der Waals surface area contributed by atoms with Crippen LogP contribution in [-0.2, 0) is 13.1 Å². The molecule has 0 bridgehead atoms. The minimum atomic E-state index is 0.847. The highest BCUT2D eigenvalue weighted by Gasteiger charge is 2.24. The average Bonchev–Trinajstić information content (AvgIpc) is 2.65. The van der Waals surface area contributed by atoms with E-state index < -0.39 is 0 Å². The summed E-state index contributed by atoms with van der Waals surface area (Å²) in [6, 6.07) is 14.8. The molecule has 0 radical (unpaired) electrons. The topological polar surface area (TPSA) is 27.3 Å². The molecule has 0 unspecified atom stereocenters. The molecule has 5 heteroatoms. The van der Waals surface area contributed by atoms with Crippen LogP contribution in [0, 0.1) is 0 Å². The fourth-order valence-electron chi connectivity index (χ4n) is 3.47. The molecule has 0 spiro atoms. The zero-order valence-corrected chi connectivity index (χ0v) is 16.6. The second kappa shape index (κ2) is 8.70. The van der Waals surface area contributed by atoms with E-state index in [9.17, 15) is 0 Å². The van der Waals surface area contributed by atoms with Crippen molar-refractivity contribution in [2.24, 2.45) is 0 Å². The van der Waals surface area contributed by atoms with E-state index in [-0.39, 0.29) is 0 Å². The van der Waals surface area contributed by atoms with Crippen molar-refractivity contribution in [3.8, 4) is 11.5 Å². The van der Waals surface area contributed by atoms with E-state index in [1.165, 1.54) is 37.3 Å². The van der Waals surface area contributed by atoms with E-state index in [1.54, 1.807) is 24.0 Å². The number of hydrogen-bond acceptors (Lipinski definition) is 2. The molecule has 1 saturated heterocycles. The molecule has 2 aromatic rings. The smallest absolute Gasteiger partial charge is 0.131 e. The third-order valence-electron chi connectivity index (χ3n) is 4.97. The predicted octanol–water partition coefficient (Wildman–Crippen LogP) is 0.950. The van der Waals surface area contributed by atoms with Gasteiger partial charge >= 0.3 is 0 Å². The van der Waals surface area contributed by atoms with Gasteiger partial charge in [-0.25, -0.2) is 0 Å². The first-order valence-corrected chi connectivity index (χ1v) is 9.59. The van der Waals surface area contributed by atoms with Crippen LogP contribution in [0.5, 0.6) is 11.5 Å². The van der Waals surface area contributed by atoms with Gasteiger partial charge in [-0.05, 0) is 24.3 Å². The molecular formula is C20H27BrN2O2+2. The first-order chi connectivity index (χ1) is 12.2. The van der Waals surface area contributed by atoms with E-state index in [0.717, 1.165) is 29.1 Å². The molecule has 2 N–H and O–H groups in total. The molecule has 2 aromatic carbocycles. The lowest BCUT2D eigenvalue weighted by Gasteiger charge is -2.30. The maximum absolute atomic E-state index is 5.54. The molecule has 25 heavy (non-hydrogen) atoms. The Morgan fingerprint density at radius 3 is 2.08 bits per heavy atom. The lowest BCUT2D eigenvalue weighted by Crippen LogP contribution is -3.27. The summed E-state index contributed by atoms with van der Waals surface area (Å²) in [7, 11) is 3.42. The zero-order chi connectivity index (χ0) is 17.6. The maximum Gasteiger partial charge on any atom is 0.131 e. The predicted molar refractivity (Wildman–Crippen MR) is 102 cm³/mol. The summed E-state index contributed by atoms with van der Waals surface area (Å²) >= 11 is 3.50. The van der Waals surface area contributed by atoms with Gasteiger partial charge in [-0.2, -0.15) is 0 Å². The SMILES string of the molecule is COc1ccc(C[NH+]2CC[NH+](Cc3ccc(Br)cc3)CC2)c(OC)c1. The van der Waals surface area contributed by atoms with Gasteiger partial charge < -0.3 is 19.3 Å². The fourth-order valence-corrected chi connectivity index (χ4v) is 3.73. The lowest BCUT2D eigenvalue weighted by molar-refractivity contribution is -1.02. The van der Waals surface area contributed by atoms with Gasteiger partial charge in [-0.1, -0.05) is 28.1 Å². The van der Waals surface area contributed by atoms with Crippen LogP contribution in [0.25, 0.3) is 0 Å². The Kier molecular flexibility index (Phi) is 6.34. The van der Waals surface area contributed by atoms with Crippen molar-refractivity contribution in [2.45, 2.75) is 13.1 Å². The highest BCUT2D eigenvalue weighted by molar-refractivity contribution is 9.10. The van der Waals surface area contributed by atoms with E-state index in [2.05, 4.69) is 46.3 Å². The molecule has 1 fully saturated rings. The van der Waals surface area contributed by atoms with Gasteiger partial charge in [0, 0.05) is 21.7 Å². The van der Waals surface area contributed by atoms with Crippen LogP contribution in [-0.4, -0.2) is 40.4 Å². The van der Waals surface area contributed by atoms with Crippen molar-refractivity contribution in [1.29, 1.82) is 0 Å². The standard InChI is InChI=1S/C20H25BrN2O2/c1-24-19-8-5-17(20(13-19)25-2)15-23-11-9-22(10-12-23)14-16-3-6-18(21)7-4-16/h3-8,13H,9-12,14-15H2,1-2H3/p+2. The Bertz CT molecular complexity index is 683. The van der Waals surface area contributed by atoms with Crippen molar-refractivity contribution >= 4 is 15.9 Å². The zero-order valence-electron chi connectivity index (χ0n) is 15.0. The van der Waals surface area contributed by atoms with E-state index >= 15 is 0 Å². The first-order valence-electron chi connectivity index (χ1n) is 8.80. The number of hydrogen-bond donors (Lipinski definition) is 2. The monoisotopic (exact) mass is 406 g/mol. The molecular weight excluding hydrogens is 380 g/mol. The molecule has 1 aliphatic heterocycles. The number of methoxy groups -OCH3 is 2. The Morgan fingerprint density at radius 1 is 0.840 bits per heavy atom. The summed E-state index contributed by atoms with van der Waals surface area (Å²) in [5.74, 6) is 1.77. The Balaban J connectivity index is 1.53. The number of piperazine rings is 1. The van der Waals surface area contributed by atoms with Gasteiger partial charge in [-0.15, -0.1) is 0 Å². The second-order valence-electron chi connectivity index (χ2n) is 6.66. The minimum Gasteiger partial charge on any atom is -0.497 e. The molecule has 1 aliphatic rings. The Labute approximate surface area is 158 Å². The van der Waals surface area contributed by atoms with Crippen molar-refractivity contribution in [1.82, 2.24) is 0 Å². The summed E-state index contributed by atoms with van der Waals surface area (Å²) in [6.45, 7) is 6.95. The van der Waals surface area contributed by atoms with Crippen LogP contribution in [0.4, 0.5) is 0 Å². The summed E-state index contributed by atoms with van der Waals surface area (Å²) in [5.41, 5.74) is 2.67. The van der Waals surface area contributed by atoms with Crippen LogP contribution < -0.4 is 19.3 Å². The van der Waals surface area contributed by atoms with Gasteiger partial charge in [0.2, 0.25) is 0 Å². The Morgan fingerprint density at radius 2 is 1.48 bits per heavy atom. The largest absolute Gasteiger partial charge is 0.497 e. The number of quaternary nitrogens is 2. The van der Waals surface area contributed by atoms with Crippen molar-refractivity contribution < 1.29 is 19.3 Å². The van der Waals surface area contributed by atoms with Gasteiger partial charge in [0.15, 0.2) is 0 Å². The molecule has 0 saturated carbocycles. The lowest BCUT2D eigenvalue weighted by atomic mass is 10.1. The summed E-state index contributed by atoms with van der Waals surface area (Å²) in [6.07, 6.45) is 0. The van der Waals surface area contributed by atoms with Crippen LogP contribution in [0.3, 0.4) is 0 Å². The number of ether oxygens (including phenoxy) is 2. The van der Waals surface area contributed by atoms with E-state index in [0.29, 0.717) is 0 Å². The summed E-state index contributed by atoms with van der Waals surface area (Å²) < 4.78 is 12.0. The number of rotatable bonds is 6. The summed E-state index contributed by atoms with van der Waals surface area (Å²) in [4.78, 5) is 3.30. The van der Waals surface area contributed by atoms with E-state index in [1.807, 2.05) is 12.1 Å². The average molecular weight is 407 g/mol. The van der Waals surface area contributed by atoms with Crippen molar-refractivity contribution in [3.05, 3.63) is 58.1 Å². The van der Waals surface area contributed by atoms with Gasteiger partial charge in [-0.3, -0.25) is 0 Å². The van der Waals surface area contributed by atoms with Crippen molar-refractivity contribution in [2.75, 3.05) is 40.4 Å². The molecule has 0 atom stereocenters. The van der Waals surface area contributed by atoms with Gasteiger partial charge in [0.1, 0.15) is 50.8 Å². The highest BCUT2D eigenvalue weighted by atomic mass is 79.9. The van der Waals surface area contributed by atoms with Gasteiger partial charge in [0.05, 0.1) is 14.2 Å². The summed E-state index contributed by atoms with van der Waals surface area (Å²) in [5, 5.41) is 0. The third kappa shape index (κ3) is 4.97. The number of benzene rings is 2. The second-order valence-corrected chi connectivity index (χ2v) is 7.57. The number of nitrogens with one attached hydrogen (secondary N) is 2. The molecule has 0 amide bonds. The highest BCUT2D eigenvalue weighted by Crippen LogP contribution is 2.23. The first kappa shape index (κ1) is 18.2. The van der Waals surface area contributed by atoms with Crippen LogP contribution in [0.15, 0.2) is 46.9 Å². The van der Waals surface area contributed by atoms with Crippen molar-refractivity contribution in [3.63, 3.8) is 0 Å². The molecule has 1 heterocycles.